The highest BCUT2D eigenvalue weighted by molar-refractivity contribution is 7.89. The summed E-state index contributed by atoms with van der Waals surface area (Å²) in [5, 5.41) is -0.236. The number of hydrogen-bond acceptors (Lipinski definition) is 3. The highest BCUT2D eigenvalue weighted by Crippen LogP contribution is 2.21. The van der Waals surface area contributed by atoms with Crippen LogP contribution in [0.4, 0.5) is 4.39 Å². The molecule has 0 spiro atoms. The molecule has 0 unspecified atom stereocenters. The van der Waals surface area contributed by atoms with Crippen LogP contribution in [0.2, 0.25) is 5.02 Å². The van der Waals surface area contributed by atoms with Gasteiger partial charge in [0.15, 0.2) is 5.82 Å². The van der Waals surface area contributed by atoms with Gasteiger partial charge in [-0.2, -0.15) is 0 Å². The highest BCUT2D eigenvalue weighted by atomic mass is 35.5. The Kier molecular flexibility index (Phi) is 6.03. The van der Waals surface area contributed by atoms with E-state index in [0.29, 0.717) is 0 Å². The molecule has 0 aromatic heterocycles. The smallest absolute Gasteiger partial charge is 0.243 e. The van der Waals surface area contributed by atoms with Gasteiger partial charge < -0.3 is 5.73 Å². The molecule has 0 aliphatic rings. The number of halogens is 3. The summed E-state index contributed by atoms with van der Waals surface area (Å²) in [6, 6.07) is 3.80. The summed E-state index contributed by atoms with van der Waals surface area (Å²) in [5.41, 5.74) is 4.92. The minimum Gasteiger partial charge on any atom is -0.324 e. The van der Waals surface area contributed by atoms with Crippen LogP contribution in [0.15, 0.2) is 23.1 Å². The van der Waals surface area contributed by atoms with Gasteiger partial charge >= 0.3 is 0 Å². The van der Waals surface area contributed by atoms with Crippen LogP contribution < -0.4 is 10.5 Å². The normalized spacial score (nSPS) is 12.1. The van der Waals surface area contributed by atoms with Gasteiger partial charge in [0, 0.05) is 12.1 Å². The fourth-order valence-corrected chi connectivity index (χ4v) is 2.60. The van der Waals surface area contributed by atoms with E-state index >= 15 is 0 Å². The number of nitrogens with two attached hydrogens (primary N) is 1. The van der Waals surface area contributed by atoms with Crippen LogP contribution in [0.5, 0.6) is 0 Å². The molecule has 8 heteroatoms. The fourth-order valence-electron chi connectivity index (χ4n) is 1.05. The lowest BCUT2D eigenvalue weighted by Gasteiger charge is -2.19. The third-order valence-electron chi connectivity index (χ3n) is 1.92. The van der Waals surface area contributed by atoms with E-state index in [4.69, 9.17) is 17.3 Å². The molecule has 0 atom stereocenters. The second-order valence-electron chi connectivity index (χ2n) is 4.37. The number of sulfonamides is 1. The van der Waals surface area contributed by atoms with Crippen LogP contribution >= 0.6 is 24.0 Å². The number of rotatable bonds is 4. The Morgan fingerprint density at radius 1 is 1.44 bits per heavy atom. The maximum atomic E-state index is 13.5. The van der Waals surface area contributed by atoms with E-state index in [1.54, 1.807) is 13.8 Å². The summed E-state index contributed by atoms with van der Waals surface area (Å²) in [6.07, 6.45) is 0. The molecule has 0 saturated heterocycles. The number of benzene rings is 1. The van der Waals surface area contributed by atoms with Crippen LogP contribution in [0, 0.1) is 5.82 Å². The molecule has 1 aromatic carbocycles. The van der Waals surface area contributed by atoms with Crippen LogP contribution in [0.3, 0.4) is 0 Å². The van der Waals surface area contributed by atoms with Gasteiger partial charge in [-0.1, -0.05) is 17.7 Å². The Morgan fingerprint density at radius 2 is 2.00 bits per heavy atom. The average Bonchev–Trinajstić information content (AvgIpc) is 2.18. The van der Waals surface area contributed by atoms with Gasteiger partial charge in [0.05, 0.1) is 5.02 Å². The maximum Gasteiger partial charge on any atom is 0.243 e. The quantitative estimate of drug-likeness (QED) is 0.891. The standard InChI is InChI=1S/C10H14ClFN2O2S.ClH/c1-10(2,13)6-14-17(15,16)8-5-3-4-7(11)9(8)12;/h3-5,14H,6,13H2,1-2H3;1H. The summed E-state index contributed by atoms with van der Waals surface area (Å²) in [5.74, 6) is -0.962. The molecular formula is C10H15Cl2FN2O2S. The molecule has 0 amide bonds. The summed E-state index contributed by atoms with van der Waals surface area (Å²) in [4.78, 5) is -0.478. The summed E-state index contributed by atoms with van der Waals surface area (Å²) < 4.78 is 39.3. The van der Waals surface area contributed by atoms with Crippen molar-refractivity contribution in [1.29, 1.82) is 0 Å². The van der Waals surface area contributed by atoms with Crippen LogP contribution in [0.25, 0.3) is 0 Å². The van der Waals surface area contributed by atoms with Crippen molar-refractivity contribution >= 4 is 34.0 Å². The van der Waals surface area contributed by atoms with Gasteiger partial charge in [0.2, 0.25) is 10.0 Å². The Bertz CT molecular complexity index is 515. The minimum atomic E-state index is -3.94. The Morgan fingerprint density at radius 3 is 2.50 bits per heavy atom. The molecule has 1 rings (SSSR count). The van der Waals surface area contributed by atoms with E-state index in [1.165, 1.54) is 12.1 Å². The maximum absolute atomic E-state index is 13.5. The minimum absolute atomic E-state index is 0. The lowest BCUT2D eigenvalue weighted by Crippen LogP contribution is -2.45. The van der Waals surface area contributed by atoms with Gasteiger partial charge in [-0.15, -0.1) is 12.4 Å². The van der Waals surface area contributed by atoms with Crippen molar-refractivity contribution in [2.45, 2.75) is 24.3 Å². The monoisotopic (exact) mass is 316 g/mol. The third-order valence-corrected chi connectivity index (χ3v) is 3.63. The average molecular weight is 317 g/mol. The molecule has 0 aliphatic heterocycles. The van der Waals surface area contributed by atoms with E-state index in [-0.39, 0.29) is 24.0 Å². The first kappa shape index (κ1) is 17.6. The molecule has 0 heterocycles. The molecule has 0 saturated carbocycles. The zero-order chi connectivity index (χ0) is 13.3. The largest absolute Gasteiger partial charge is 0.324 e. The molecule has 4 nitrogen and oxygen atoms in total. The van der Waals surface area contributed by atoms with Crippen LogP contribution in [0.1, 0.15) is 13.8 Å². The predicted octanol–water partition coefficient (Wildman–Crippen LogP) is 1.92. The molecular weight excluding hydrogens is 302 g/mol. The fraction of sp³-hybridized carbons (Fsp3) is 0.400. The van der Waals surface area contributed by atoms with Crippen molar-refractivity contribution in [2.24, 2.45) is 5.73 Å². The molecule has 104 valence electrons. The summed E-state index contributed by atoms with van der Waals surface area (Å²) in [6.45, 7) is 3.31. The third kappa shape index (κ3) is 4.70. The van der Waals surface area contributed by atoms with Crippen LogP contribution in [-0.2, 0) is 10.0 Å². The van der Waals surface area contributed by atoms with E-state index in [0.717, 1.165) is 6.07 Å². The zero-order valence-corrected chi connectivity index (χ0v) is 12.3. The molecule has 0 bridgehead atoms. The lowest BCUT2D eigenvalue weighted by atomic mass is 10.1. The van der Waals surface area contributed by atoms with Gasteiger partial charge in [-0.25, -0.2) is 17.5 Å². The first-order valence-electron chi connectivity index (χ1n) is 4.86. The van der Waals surface area contributed by atoms with Gasteiger partial charge in [0.25, 0.3) is 0 Å². The van der Waals surface area contributed by atoms with E-state index in [9.17, 15) is 12.8 Å². The van der Waals surface area contributed by atoms with Crippen LogP contribution in [-0.4, -0.2) is 20.5 Å². The summed E-state index contributed by atoms with van der Waals surface area (Å²) in [7, 11) is -3.94. The first-order chi connectivity index (χ1) is 7.63. The van der Waals surface area contributed by atoms with E-state index in [1.807, 2.05) is 0 Å². The van der Waals surface area contributed by atoms with Crippen molar-refractivity contribution in [2.75, 3.05) is 6.54 Å². The Labute approximate surface area is 117 Å². The predicted molar refractivity (Wildman–Crippen MR) is 72.1 cm³/mol. The van der Waals surface area contributed by atoms with Crippen molar-refractivity contribution in [3.8, 4) is 0 Å². The second-order valence-corrected chi connectivity index (χ2v) is 6.51. The van der Waals surface area contributed by atoms with Gasteiger partial charge in [0.1, 0.15) is 4.90 Å². The van der Waals surface area contributed by atoms with Crippen molar-refractivity contribution < 1.29 is 12.8 Å². The summed E-state index contributed by atoms with van der Waals surface area (Å²) >= 11 is 5.52. The Hall–Kier alpha value is -0.400. The van der Waals surface area contributed by atoms with Crippen molar-refractivity contribution in [3.63, 3.8) is 0 Å². The topological polar surface area (TPSA) is 72.2 Å². The van der Waals surface area contributed by atoms with E-state index in [2.05, 4.69) is 4.72 Å². The van der Waals surface area contributed by atoms with Gasteiger partial charge in [-0.05, 0) is 26.0 Å². The zero-order valence-electron chi connectivity index (χ0n) is 9.91. The highest BCUT2D eigenvalue weighted by Gasteiger charge is 2.22. The molecule has 18 heavy (non-hydrogen) atoms. The van der Waals surface area contributed by atoms with Crippen molar-refractivity contribution in [3.05, 3.63) is 29.0 Å². The molecule has 0 radical (unpaired) electrons. The number of nitrogens with one attached hydrogen (secondary N) is 1. The number of hydrogen-bond donors (Lipinski definition) is 2. The molecule has 0 aliphatic carbocycles. The molecule has 1 aromatic rings. The SMILES string of the molecule is CC(C)(N)CNS(=O)(=O)c1cccc(Cl)c1F.Cl. The van der Waals surface area contributed by atoms with E-state index < -0.39 is 26.3 Å². The molecule has 0 fully saturated rings. The van der Waals surface area contributed by atoms with Crippen molar-refractivity contribution in [1.82, 2.24) is 4.72 Å². The molecule has 3 N–H and O–H groups in total. The van der Waals surface area contributed by atoms with Gasteiger partial charge in [-0.3, -0.25) is 0 Å². The first-order valence-corrected chi connectivity index (χ1v) is 6.72. The lowest BCUT2D eigenvalue weighted by molar-refractivity contribution is 0.494. The Balaban J connectivity index is 0.00000289. The second kappa shape index (κ2) is 6.16.